The lowest BCUT2D eigenvalue weighted by atomic mass is 9.59. The molecule has 2 saturated carbocycles. The van der Waals surface area contributed by atoms with E-state index in [0.29, 0.717) is 17.4 Å². The van der Waals surface area contributed by atoms with E-state index in [1.54, 1.807) is 7.11 Å². The van der Waals surface area contributed by atoms with Crippen LogP contribution in [0.3, 0.4) is 0 Å². The van der Waals surface area contributed by atoms with Crippen molar-refractivity contribution >= 4 is 0 Å². The molecule has 1 N–H and O–H groups in total. The molecule has 1 saturated heterocycles. The average Bonchev–Trinajstić information content (AvgIpc) is 2.77. The second-order valence-electron chi connectivity index (χ2n) is 7.68. The van der Waals surface area contributed by atoms with Gasteiger partial charge in [-0.2, -0.15) is 0 Å². The number of rotatable bonds is 5. The third kappa shape index (κ3) is 2.83. The number of nitrogens with one attached hydrogen (secondary N) is 1. The molecule has 3 aliphatic rings. The first-order chi connectivity index (χ1) is 12.0. The smallest absolute Gasteiger partial charge is 0.114 e. The Hall–Kier alpha value is -1.28. The van der Waals surface area contributed by atoms with Crippen molar-refractivity contribution in [2.75, 3.05) is 13.7 Å². The van der Waals surface area contributed by atoms with Crippen LogP contribution in [0.25, 0.3) is 0 Å². The minimum atomic E-state index is 0.181. The molecule has 1 aliphatic heterocycles. The largest absolute Gasteiger partial charge is 0.497 e. The lowest BCUT2D eigenvalue weighted by Crippen LogP contribution is -2.61. The Bertz CT molecular complexity index is 599. The van der Waals surface area contributed by atoms with Crippen molar-refractivity contribution in [3.63, 3.8) is 0 Å². The molecule has 0 aromatic rings. The van der Waals surface area contributed by atoms with E-state index >= 15 is 0 Å². The molecule has 0 aromatic heterocycles. The molecular weight excluding hydrogens is 306 g/mol. The summed E-state index contributed by atoms with van der Waals surface area (Å²) in [5.74, 6) is 1.34. The van der Waals surface area contributed by atoms with E-state index in [4.69, 9.17) is 4.74 Å². The Morgan fingerprint density at radius 2 is 2.04 bits per heavy atom. The first kappa shape index (κ1) is 20.0. The average molecular weight is 344 g/mol. The molecule has 1 heterocycles. The molecule has 3 fully saturated rings. The minimum Gasteiger partial charge on any atom is -0.497 e. The summed E-state index contributed by atoms with van der Waals surface area (Å²) in [5, 5.41) is 3.74. The number of hydrogen-bond acceptors (Lipinski definition) is 2. The Balaban J connectivity index is 0.00000109. The molecule has 25 heavy (non-hydrogen) atoms. The highest BCUT2D eigenvalue weighted by atomic mass is 16.5. The topological polar surface area (TPSA) is 21.3 Å². The molecule has 4 atom stereocenters. The van der Waals surface area contributed by atoms with Crippen molar-refractivity contribution in [3.05, 3.63) is 47.8 Å². The van der Waals surface area contributed by atoms with E-state index in [1.807, 2.05) is 13.8 Å². The second-order valence-corrected chi connectivity index (χ2v) is 7.68. The zero-order valence-electron chi connectivity index (χ0n) is 17.2. The quantitative estimate of drug-likeness (QED) is 0.504. The molecule has 2 bridgehead atoms. The maximum Gasteiger partial charge on any atom is 0.114 e. The highest BCUT2D eigenvalue weighted by Crippen LogP contribution is 2.69. The van der Waals surface area contributed by atoms with Gasteiger partial charge in [-0.15, -0.1) is 0 Å². The Kier molecular flexibility index (Phi) is 6.04. The van der Waals surface area contributed by atoms with Crippen molar-refractivity contribution in [2.24, 2.45) is 16.7 Å². The fraction of sp³-hybridized carbons (Fsp3) is 0.652. The molecule has 2 nitrogen and oxygen atoms in total. The summed E-state index contributed by atoms with van der Waals surface area (Å²) >= 11 is 0. The van der Waals surface area contributed by atoms with Gasteiger partial charge in [-0.05, 0) is 43.8 Å². The van der Waals surface area contributed by atoms with E-state index in [1.165, 1.54) is 23.1 Å². The zero-order chi connectivity index (χ0) is 18.8. The lowest BCUT2D eigenvalue weighted by Gasteiger charge is -2.49. The highest BCUT2D eigenvalue weighted by molar-refractivity contribution is 5.52. The SMILES string of the molecule is C=C(OC)/C(C)=C1\C(=C)C[C@]23CNC2C(/C=C\CC)C1(CC)C3.CC. The predicted octanol–water partition coefficient (Wildman–Crippen LogP) is 5.79. The molecule has 0 aromatic carbocycles. The predicted molar refractivity (Wildman–Crippen MR) is 108 cm³/mol. The summed E-state index contributed by atoms with van der Waals surface area (Å²) in [6.45, 7) is 20.5. The third-order valence-corrected chi connectivity index (χ3v) is 6.67. The van der Waals surface area contributed by atoms with E-state index in [-0.39, 0.29) is 5.41 Å². The molecule has 140 valence electrons. The third-order valence-electron chi connectivity index (χ3n) is 6.67. The molecule has 2 heteroatoms. The van der Waals surface area contributed by atoms with Crippen LogP contribution in [0.5, 0.6) is 0 Å². The van der Waals surface area contributed by atoms with Crippen molar-refractivity contribution < 1.29 is 4.74 Å². The van der Waals surface area contributed by atoms with Crippen LogP contribution in [-0.2, 0) is 4.74 Å². The Morgan fingerprint density at radius 3 is 2.52 bits per heavy atom. The summed E-state index contributed by atoms with van der Waals surface area (Å²) < 4.78 is 5.47. The van der Waals surface area contributed by atoms with Crippen molar-refractivity contribution in [1.82, 2.24) is 5.32 Å². The first-order valence-corrected chi connectivity index (χ1v) is 9.98. The van der Waals surface area contributed by atoms with Crippen LogP contribution < -0.4 is 5.32 Å². The van der Waals surface area contributed by atoms with Gasteiger partial charge in [0, 0.05) is 29.3 Å². The molecular formula is C23H37NO. The van der Waals surface area contributed by atoms with Crippen molar-refractivity contribution in [2.45, 2.75) is 66.3 Å². The summed E-state index contributed by atoms with van der Waals surface area (Å²) in [6, 6.07) is 0.600. The molecule has 3 rings (SSSR count). The number of allylic oxidation sites excluding steroid dienone is 4. The van der Waals surface area contributed by atoms with Gasteiger partial charge in [0.1, 0.15) is 5.76 Å². The summed E-state index contributed by atoms with van der Waals surface area (Å²) in [5.41, 5.74) is 4.55. The first-order valence-electron chi connectivity index (χ1n) is 9.98. The van der Waals surface area contributed by atoms with E-state index in [9.17, 15) is 0 Å². The maximum absolute atomic E-state index is 5.47. The van der Waals surface area contributed by atoms with Gasteiger partial charge in [0.25, 0.3) is 0 Å². The van der Waals surface area contributed by atoms with Crippen LogP contribution >= 0.6 is 0 Å². The van der Waals surface area contributed by atoms with E-state index in [2.05, 4.69) is 51.4 Å². The molecule has 2 aliphatic carbocycles. The fourth-order valence-corrected chi connectivity index (χ4v) is 5.66. The van der Waals surface area contributed by atoms with Crippen LogP contribution in [0.2, 0.25) is 0 Å². The van der Waals surface area contributed by atoms with E-state index in [0.717, 1.165) is 31.6 Å². The Labute approximate surface area is 155 Å². The summed E-state index contributed by atoms with van der Waals surface area (Å²) in [4.78, 5) is 0. The number of hydrogen-bond donors (Lipinski definition) is 1. The van der Waals surface area contributed by atoms with Crippen LogP contribution in [0.4, 0.5) is 0 Å². The normalized spacial score (nSPS) is 37.8. The highest BCUT2D eigenvalue weighted by Gasteiger charge is 2.67. The second kappa shape index (κ2) is 7.53. The van der Waals surface area contributed by atoms with Gasteiger partial charge < -0.3 is 10.1 Å². The number of methoxy groups -OCH3 is 1. The standard InChI is InChI=1S/C21H31NO.C2H6/c1-7-9-10-17-19-20(13-22-19)11-14(3)18(15(4)16(5)23-6)21(17,8-2)12-20;1-2/h9-10,17,19,22H,3,5,7-8,11-13H2,1-2,4,6H3;1-2H3/b10-9-,18-15+;/t17?,19?,20-,21?;/m0./s1. The van der Waals surface area contributed by atoms with Crippen LogP contribution in [0.15, 0.2) is 47.8 Å². The monoisotopic (exact) mass is 343 g/mol. The van der Waals surface area contributed by atoms with Crippen LogP contribution in [0, 0.1) is 16.7 Å². The fourth-order valence-electron chi connectivity index (χ4n) is 5.66. The summed E-state index contributed by atoms with van der Waals surface area (Å²) in [7, 11) is 1.71. The van der Waals surface area contributed by atoms with Crippen LogP contribution in [-0.4, -0.2) is 19.7 Å². The zero-order valence-corrected chi connectivity index (χ0v) is 17.2. The van der Waals surface area contributed by atoms with Gasteiger partial charge >= 0.3 is 0 Å². The van der Waals surface area contributed by atoms with Crippen molar-refractivity contribution in [3.8, 4) is 0 Å². The van der Waals surface area contributed by atoms with E-state index < -0.39 is 0 Å². The number of fused-ring (bicyclic) bond motifs is 1. The summed E-state index contributed by atoms with van der Waals surface area (Å²) in [6.07, 6.45) is 9.46. The maximum atomic E-state index is 5.47. The Morgan fingerprint density at radius 1 is 1.36 bits per heavy atom. The van der Waals surface area contributed by atoms with Gasteiger partial charge in [-0.3, -0.25) is 0 Å². The van der Waals surface area contributed by atoms with Gasteiger partial charge in [0.15, 0.2) is 0 Å². The minimum absolute atomic E-state index is 0.181. The van der Waals surface area contributed by atoms with Gasteiger partial charge in [-0.25, -0.2) is 0 Å². The molecule has 1 spiro atoms. The van der Waals surface area contributed by atoms with Crippen molar-refractivity contribution in [1.29, 1.82) is 0 Å². The van der Waals surface area contributed by atoms with Crippen LogP contribution in [0.1, 0.15) is 60.3 Å². The van der Waals surface area contributed by atoms with Gasteiger partial charge in [0.05, 0.1) is 7.11 Å². The lowest BCUT2D eigenvalue weighted by molar-refractivity contribution is 0.0988. The van der Waals surface area contributed by atoms with Gasteiger partial charge in [0.2, 0.25) is 0 Å². The van der Waals surface area contributed by atoms with Gasteiger partial charge in [-0.1, -0.05) is 58.6 Å². The molecule has 3 unspecified atom stereocenters. The molecule has 0 amide bonds. The molecule has 0 radical (unpaired) electrons. The number of ether oxygens (including phenoxy) is 1.